The first-order chi connectivity index (χ1) is 17.4. The molecule has 2 aliphatic heterocycles. The lowest BCUT2D eigenvalue weighted by Crippen LogP contribution is -2.55. The van der Waals surface area contributed by atoms with Gasteiger partial charge in [0, 0.05) is 29.6 Å². The summed E-state index contributed by atoms with van der Waals surface area (Å²) in [5.74, 6) is 0.923. The lowest BCUT2D eigenvalue weighted by Gasteiger charge is -2.43. The van der Waals surface area contributed by atoms with Crippen molar-refractivity contribution in [3.05, 3.63) is 28.7 Å². The number of rotatable bonds is 5. The predicted octanol–water partition coefficient (Wildman–Crippen LogP) is 3.96. The minimum absolute atomic E-state index is 0.112. The first-order valence-corrected chi connectivity index (χ1v) is 13.5. The van der Waals surface area contributed by atoms with E-state index in [1.54, 1.807) is 12.3 Å². The topological polar surface area (TPSA) is 136 Å². The van der Waals surface area contributed by atoms with E-state index in [1.807, 2.05) is 34.6 Å². The second-order valence-corrected chi connectivity index (χ2v) is 12.1. The normalized spacial score (nSPS) is 21.3. The van der Waals surface area contributed by atoms with Gasteiger partial charge >= 0.3 is 6.09 Å². The molecule has 10 nitrogen and oxygen atoms in total. The standard InChI is InChI=1S/C25H35ClN6O4S/c1-14-22(37-17-6-9-28-20(27)18(17)26)30-16(12-33)21(29-14)32-10-7-25(8-11-32)13-35-15(2)19(25)31-23(34)36-24(3,4)5/h6,9,15,19,33H,7-8,10-13H2,1-5H3,(H2,27,28)(H,31,34)/t15-,19+/m0/s1. The van der Waals surface area contributed by atoms with E-state index in [2.05, 4.69) is 15.2 Å². The Balaban J connectivity index is 1.49. The number of nitrogens with two attached hydrogens (primary N) is 1. The number of aromatic nitrogens is 3. The summed E-state index contributed by atoms with van der Waals surface area (Å²) in [5.41, 5.74) is 6.30. The molecule has 0 aliphatic carbocycles. The van der Waals surface area contributed by atoms with Crippen molar-refractivity contribution < 1.29 is 19.4 Å². The Labute approximate surface area is 226 Å². The maximum Gasteiger partial charge on any atom is 0.407 e. The zero-order valence-electron chi connectivity index (χ0n) is 21.9. The van der Waals surface area contributed by atoms with Gasteiger partial charge < -0.3 is 30.5 Å². The van der Waals surface area contributed by atoms with Gasteiger partial charge in [-0.05, 0) is 53.5 Å². The minimum atomic E-state index is -0.569. The monoisotopic (exact) mass is 550 g/mol. The van der Waals surface area contributed by atoms with Gasteiger partial charge in [0.1, 0.15) is 22.1 Å². The van der Waals surface area contributed by atoms with Gasteiger partial charge in [-0.1, -0.05) is 23.4 Å². The van der Waals surface area contributed by atoms with Crippen LogP contribution < -0.4 is 16.0 Å². The molecular formula is C25H35ClN6O4S. The molecule has 0 bridgehead atoms. The average Bonchev–Trinajstić information content (AvgIpc) is 3.12. The number of nitrogen functional groups attached to an aromatic ring is 1. The van der Waals surface area contributed by atoms with Crippen LogP contribution in [0.1, 0.15) is 51.9 Å². The smallest absolute Gasteiger partial charge is 0.407 e. The number of ether oxygens (including phenoxy) is 2. The van der Waals surface area contributed by atoms with Gasteiger partial charge in [0.05, 0.1) is 36.1 Å². The predicted molar refractivity (Wildman–Crippen MR) is 143 cm³/mol. The van der Waals surface area contributed by atoms with Crippen molar-refractivity contribution in [2.45, 2.75) is 81.7 Å². The summed E-state index contributed by atoms with van der Waals surface area (Å²) in [6.45, 7) is 11.1. The van der Waals surface area contributed by atoms with Gasteiger partial charge in [-0.3, -0.25) is 0 Å². The number of piperidine rings is 1. The second-order valence-electron chi connectivity index (χ2n) is 10.6. The molecular weight excluding hydrogens is 516 g/mol. The quantitative estimate of drug-likeness (QED) is 0.501. The number of halogens is 1. The van der Waals surface area contributed by atoms with E-state index in [0.29, 0.717) is 41.3 Å². The second kappa shape index (κ2) is 10.8. The van der Waals surface area contributed by atoms with Crippen molar-refractivity contribution in [1.29, 1.82) is 0 Å². The Hall–Kier alpha value is -2.34. The molecule has 4 N–H and O–H groups in total. The van der Waals surface area contributed by atoms with E-state index in [-0.39, 0.29) is 30.0 Å². The number of amides is 1. The molecule has 0 saturated carbocycles. The number of hydrogen-bond acceptors (Lipinski definition) is 10. The van der Waals surface area contributed by atoms with Crippen LogP contribution in [0.25, 0.3) is 0 Å². The number of aliphatic hydroxyl groups is 1. The molecule has 2 saturated heterocycles. The number of pyridine rings is 1. The van der Waals surface area contributed by atoms with Crippen LogP contribution in [-0.4, -0.2) is 63.6 Å². The van der Waals surface area contributed by atoms with Crippen LogP contribution in [0.2, 0.25) is 5.02 Å². The lowest BCUT2D eigenvalue weighted by atomic mass is 9.73. The van der Waals surface area contributed by atoms with Gasteiger partial charge in [0.15, 0.2) is 5.82 Å². The lowest BCUT2D eigenvalue weighted by molar-refractivity contribution is 0.0434. The summed E-state index contributed by atoms with van der Waals surface area (Å²) in [7, 11) is 0. The van der Waals surface area contributed by atoms with Gasteiger partial charge in [-0.15, -0.1) is 0 Å². The van der Waals surface area contributed by atoms with Crippen LogP contribution in [0.4, 0.5) is 16.4 Å². The summed E-state index contributed by atoms with van der Waals surface area (Å²) >= 11 is 7.65. The van der Waals surface area contributed by atoms with E-state index < -0.39 is 11.7 Å². The molecule has 0 unspecified atom stereocenters. The number of aryl methyl sites for hydroxylation is 1. The minimum Gasteiger partial charge on any atom is -0.444 e. The van der Waals surface area contributed by atoms with Crippen LogP contribution in [0.3, 0.4) is 0 Å². The first kappa shape index (κ1) is 27.7. The number of anilines is 2. The highest BCUT2D eigenvalue weighted by molar-refractivity contribution is 7.99. The zero-order chi connectivity index (χ0) is 27.0. The highest BCUT2D eigenvalue weighted by atomic mass is 35.5. The van der Waals surface area contributed by atoms with E-state index in [4.69, 9.17) is 36.8 Å². The molecule has 2 aliphatic rings. The van der Waals surface area contributed by atoms with Gasteiger partial charge in [-0.2, -0.15) is 0 Å². The van der Waals surface area contributed by atoms with E-state index in [9.17, 15) is 9.90 Å². The number of carbonyl (C=O) groups excluding carboxylic acids is 1. The molecule has 12 heteroatoms. The summed E-state index contributed by atoms with van der Waals surface area (Å²) in [6, 6.07) is 1.62. The van der Waals surface area contributed by atoms with Gasteiger partial charge in [-0.25, -0.2) is 19.7 Å². The van der Waals surface area contributed by atoms with E-state index >= 15 is 0 Å². The van der Waals surface area contributed by atoms with Crippen molar-refractivity contribution in [1.82, 2.24) is 20.3 Å². The molecule has 1 spiro atoms. The van der Waals surface area contributed by atoms with Crippen molar-refractivity contribution in [2.75, 3.05) is 30.3 Å². The Kier molecular flexibility index (Phi) is 8.08. The third-order valence-corrected chi connectivity index (χ3v) is 8.46. The molecule has 2 aromatic heterocycles. The largest absolute Gasteiger partial charge is 0.444 e. The fourth-order valence-corrected chi connectivity index (χ4v) is 6.02. The highest BCUT2D eigenvalue weighted by Crippen LogP contribution is 2.44. The maximum atomic E-state index is 12.5. The molecule has 1 amide bonds. The maximum absolute atomic E-state index is 12.5. The molecule has 37 heavy (non-hydrogen) atoms. The number of carbonyl (C=O) groups is 1. The van der Waals surface area contributed by atoms with Crippen molar-refractivity contribution in [3.63, 3.8) is 0 Å². The van der Waals surface area contributed by atoms with Crippen LogP contribution in [0.15, 0.2) is 22.2 Å². The summed E-state index contributed by atoms with van der Waals surface area (Å²) in [6.07, 6.45) is 2.65. The van der Waals surface area contributed by atoms with Gasteiger partial charge in [0.2, 0.25) is 0 Å². The third kappa shape index (κ3) is 6.05. The summed E-state index contributed by atoms with van der Waals surface area (Å²) < 4.78 is 11.5. The number of hydrogen-bond donors (Lipinski definition) is 3. The number of nitrogens with one attached hydrogen (secondary N) is 1. The van der Waals surface area contributed by atoms with E-state index in [1.165, 1.54) is 11.8 Å². The van der Waals surface area contributed by atoms with E-state index in [0.717, 1.165) is 23.4 Å². The average molecular weight is 551 g/mol. The highest BCUT2D eigenvalue weighted by Gasteiger charge is 2.50. The molecule has 2 fully saturated rings. The fourth-order valence-electron chi connectivity index (χ4n) is 4.91. The van der Waals surface area contributed by atoms with Crippen LogP contribution in [0, 0.1) is 12.3 Å². The molecule has 2 atom stereocenters. The van der Waals surface area contributed by atoms with Crippen molar-refractivity contribution in [2.24, 2.45) is 5.41 Å². The zero-order valence-corrected chi connectivity index (χ0v) is 23.4. The fraction of sp³-hybridized carbons (Fsp3) is 0.600. The first-order valence-electron chi connectivity index (χ1n) is 12.3. The van der Waals surface area contributed by atoms with Crippen LogP contribution in [0.5, 0.6) is 0 Å². The van der Waals surface area contributed by atoms with Crippen molar-refractivity contribution in [3.8, 4) is 0 Å². The number of nitrogens with zero attached hydrogens (tertiary/aromatic N) is 4. The van der Waals surface area contributed by atoms with Gasteiger partial charge in [0.25, 0.3) is 0 Å². The molecule has 0 radical (unpaired) electrons. The number of alkyl carbamates (subject to hydrolysis) is 1. The molecule has 4 rings (SSSR count). The molecule has 2 aromatic rings. The third-order valence-electron chi connectivity index (χ3n) is 6.81. The van der Waals surface area contributed by atoms with Crippen LogP contribution in [-0.2, 0) is 16.1 Å². The Morgan fingerprint density at radius 2 is 2.08 bits per heavy atom. The molecule has 0 aromatic carbocycles. The molecule has 202 valence electrons. The summed E-state index contributed by atoms with van der Waals surface area (Å²) in [4.78, 5) is 28.9. The van der Waals surface area contributed by atoms with Crippen LogP contribution >= 0.6 is 23.4 Å². The number of aliphatic hydroxyl groups excluding tert-OH is 1. The SMILES string of the molecule is Cc1nc(N2CCC3(CC2)CO[C@@H](C)[C@H]3NC(=O)OC(C)(C)C)c(CO)nc1Sc1ccnc(N)c1Cl. The Morgan fingerprint density at radius 3 is 2.73 bits per heavy atom. The summed E-state index contributed by atoms with van der Waals surface area (Å²) in [5, 5.41) is 14.2. The Bertz CT molecular complexity index is 1150. The Morgan fingerprint density at radius 1 is 1.38 bits per heavy atom. The van der Waals surface area contributed by atoms with Crippen molar-refractivity contribution >= 4 is 41.1 Å². The molecule has 4 heterocycles.